The third-order valence-corrected chi connectivity index (χ3v) is 7.39. The number of hydrogen-bond donors (Lipinski definition) is 1. The summed E-state index contributed by atoms with van der Waals surface area (Å²) in [6.45, 7) is 2.53. The fourth-order valence-corrected chi connectivity index (χ4v) is 5.71. The van der Waals surface area contributed by atoms with E-state index in [0.29, 0.717) is 49.5 Å². The number of piperidine rings is 1. The number of nitrogens with one attached hydrogen (secondary N) is 1. The number of benzene rings is 1. The molecule has 2 bridgehead atoms. The first-order chi connectivity index (χ1) is 17.3. The third-order valence-electron chi connectivity index (χ3n) is 7.39. The second kappa shape index (κ2) is 8.59. The molecule has 0 spiro atoms. The Morgan fingerprint density at radius 1 is 0.917 bits per heavy atom. The Bertz CT molecular complexity index is 1260. The van der Waals surface area contributed by atoms with Crippen molar-refractivity contribution in [1.29, 1.82) is 0 Å². The number of pyridine rings is 1. The SMILES string of the molecule is Fc1ccc(N2CCCn3nc(NC4[C@@H]5CC[C@@H]4CN(c4ccnc(C(F)(F)F)c4)C5)nc32)cc1F. The predicted octanol–water partition coefficient (Wildman–Crippen LogP) is 4.84. The number of aromatic nitrogens is 4. The number of anilines is 4. The second-order valence-electron chi connectivity index (χ2n) is 9.63. The predicted molar refractivity (Wildman–Crippen MR) is 123 cm³/mol. The first kappa shape index (κ1) is 23.0. The van der Waals surface area contributed by atoms with Crippen LogP contribution in [0.4, 0.5) is 45.2 Å². The summed E-state index contributed by atoms with van der Waals surface area (Å²) >= 11 is 0. The Labute approximate surface area is 203 Å². The zero-order valence-corrected chi connectivity index (χ0v) is 19.2. The van der Waals surface area contributed by atoms with E-state index in [4.69, 9.17) is 0 Å². The van der Waals surface area contributed by atoms with Crippen molar-refractivity contribution in [2.24, 2.45) is 11.8 Å². The summed E-state index contributed by atoms with van der Waals surface area (Å²) in [5, 5.41) is 8.09. The lowest BCUT2D eigenvalue weighted by Crippen LogP contribution is -2.48. The van der Waals surface area contributed by atoms with Gasteiger partial charge in [0.15, 0.2) is 11.6 Å². The maximum Gasteiger partial charge on any atom is 0.433 e. The van der Waals surface area contributed by atoms with E-state index >= 15 is 0 Å². The summed E-state index contributed by atoms with van der Waals surface area (Å²) in [6.07, 6.45) is -0.559. The molecule has 0 unspecified atom stereocenters. The van der Waals surface area contributed by atoms with Gasteiger partial charge in [0.25, 0.3) is 0 Å². The van der Waals surface area contributed by atoms with Crippen LogP contribution in [0.2, 0.25) is 0 Å². The average Bonchev–Trinajstić information content (AvgIpc) is 3.36. The van der Waals surface area contributed by atoms with E-state index in [2.05, 4.69) is 20.4 Å². The first-order valence-electron chi connectivity index (χ1n) is 12.0. The third kappa shape index (κ3) is 4.11. The number of fused-ring (bicyclic) bond motifs is 3. The van der Waals surface area contributed by atoms with Crippen LogP contribution in [-0.2, 0) is 12.7 Å². The summed E-state index contributed by atoms with van der Waals surface area (Å²) in [7, 11) is 0. The van der Waals surface area contributed by atoms with Crippen LogP contribution in [0.1, 0.15) is 25.0 Å². The molecule has 36 heavy (non-hydrogen) atoms. The van der Waals surface area contributed by atoms with Crippen molar-refractivity contribution in [2.45, 2.75) is 38.0 Å². The Morgan fingerprint density at radius 3 is 2.42 bits per heavy atom. The van der Waals surface area contributed by atoms with E-state index in [-0.39, 0.29) is 17.9 Å². The molecule has 1 aromatic carbocycles. The van der Waals surface area contributed by atoms with Gasteiger partial charge in [-0.15, -0.1) is 5.10 Å². The zero-order chi connectivity index (χ0) is 25.0. The first-order valence-corrected chi connectivity index (χ1v) is 12.0. The van der Waals surface area contributed by atoms with Gasteiger partial charge in [-0.05, 0) is 55.4 Å². The Morgan fingerprint density at radius 2 is 1.69 bits per heavy atom. The van der Waals surface area contributed by atoms with Gasteiger partial charge in [-0.1, -0.05) is 0 Å². The normalized spacial score (nSPS) is 23.6. The molecule has 3 aliphatic rings. The molecule has 2 fully saturated rings. The van der Waals surface area contributed by atoms with E-state index in [0.717, 1.165) is 37.5 Å². The van der Waals surface area contributed by atoms with Crippen LogP contribution in [0, 0.1) is 23.5 Å². The van der Waals surface area contributed by atoms with Crippen LogP contribution < -0.4 is 15.1 Å². The number of hydrogen-bond acceptors (Lipinski definition) is 6. The molecule has 1 aliphatic carbocycles. The van der Waals surface area contributed by atoms with Crippen molar-refractivity contribution in [2.75, 3.05) is 34.8 Å². The van der Waals surface area contributed by atoms with Crippen LogP contribution in [-0.4, -0.2) is 45.4 Å². The highest BCUT2D eigenvalue weighted by atomic mass is 19.4. The van der Waals surface area contributed by atoms with Crippen molar-refractivity contribution in [3.63, 3.8) is 0 Å². The van der Waals surface area contributed by atoms with Crippen LogP contribution in [0.15, 0.2) is 36.5 Å². The summed E-state index contributed by atoms with van der Waals surface area (Å²) in [6, 6.07) is 6.63. The highest BCUT2D eigenvalue weighted by Crippen LogP contribution is 2.41. The van der Waals surface area contributed by atoms with Crippen LogP contribution in [0.3, 0.4) is 0 Å². The maximum atomic E-state index is 13.8. The fraction of sp³-hybridized carbons (Fsp3) is 0.458. The molecule has 2 aliphatic heterocycles. The molecule has 4 heterocycles. The average molecular weight is 505 g/mol. The summed E-state index contributed by atoms with van der Waals surface area (Å²) < 4.78 is 68.4. The molecule has 7 nitrogen and oxygen atoms in total. The number of rotatable bonds is 4. The van der Waals surface area contributed by atoms with E-state index in [1.54, 1.807) is 10.7 Å². The largest absolute Gasteiger partial charge is 0.433 e. The van der Waals surface area contributed by atoms with Crippen molar-refractivity contribution in [3.05, 3.63) is 53.9 Å². The van der Waals surface area contributed by atoms with Gasteiger partial charge >= 0.3 is 6.18 Å². The molecule has 1 N–H and O–H groups in total. The highest BCUT2D eigenvalue weighted by molar-refractivity contribution is 5.59. The quantitative estimate of drug-likeness (QED) is 0.513. The highest BCUT2D eigenvalue weighted by Gasteiger charge is 2.43. The molecule has 1 saturated carbocycles. The molecule has 12 heteroatoms. The standard InChI is InChI=1S/C24H24F5N7/c25-18-5-4-17(10-19(18)26)35-8-1-9-36-23(35)32-22(33-36)31-21-14-2-3-15(21)13-34(12-14)16-6-7-30-20(11-16)24(27,28)29/h4-7,10-11,14-15,21H,1-3,8-9,12-13H2,(H,31,33)/t14-,15-/m1/s1. The smallest absolute Gasteiger partial charge is 0.371 e. The van der Waals surface area contributed by atoms with Crippen LogP contribution in [0.25, 0.3) is 0 Å². The summed E-state index contributed by atoms with van der Waals surface area (Å²) in [5.41, 5.74) is 0.161. The fourth-order valence-electron chi connectivity index (χ4n) is 5.71. The van der Waals surface area contributed by atoms with E-state index < -0.39 is 23.5 Å². The lowest BCUT2D eigenvalue weighted by atomic mass is 9.92. The van der Waals surface area contributed by atoms with Crippen molar-refractivity contribution < 1.29 is 22.0 Å². The number of halogens is 5. The number of aryl methyl sites for hydroxylation is 1. The Hall–Kier alpha value is -3.44. The van der Waals surface area contributed by atoms with Gasteiger partial charge < -0.3 is 15.1 Å². The van der Waals surface area contributed by atoms with E-state index in [9.17, 15) is 22.0 Å². The van der Waals surface area contributed by atoms with Crippen molar-refractivity contribution in [3.8, 4) is 0 Å². The van der Waals surface area contributed by atoms with Gasteiger partial charge in [0.2, 0.25) is 11.9 Å². The zero-order valence-electron chi connectivity index (χ0n) is 19.2. The van der Waals surface area contributed by atoms with Gasteiger partial charge in [-0.3, -0.25) is 4.98 Å². The molecule has 2 atom stereocenters. The van der Waals surface area contributed by atoms with Gasteiger partial charge in [0.1, 0.15) is 5.69 Å². The molecule has 190 valence electrons. The molecular weight excluding hydrogens is 481 g/mol. The Kier molecular flexibility index (Phi) is 5.49. The number of alkyl halides is 3. The van der Waals surface area contributed by atoms with E-state index in [1.165, 1.54) is 12.3 Å². The topological polar surface area (TPSA) is 62.1 Å². The monoisotopic (exact) mass is 505 g/mol. The maximum absolute atomic E-state index is 13.8. The van der Waals surface area contributed by atoms with Crippen LogP contribution >= 0.6 is 0 Å². The van der Waals surface area contributed by atoms with Crippen LogP contribution in [0.5, 0.6) is 0 Å². The molecule has 0 amide bonds. The molecule has 1 saturated heterocycles. The number of nitrogens with zero attached hydrogens (tertiary/aromatic N) is 6. The minimum atomic E-state index is -4.48. The molecule has 0 radical (unpaired) electrons. The minimum absolute atomic E-state index is 0.103. The lowest BCUT2D eigenvalue weighted by Gasteiger charge is -2.39. The van der Waals surface area contributed by atoms with Crippen molar-refractivity contribution >= 4 is 23.3 Å². The summed E-state index contributed by atoms with van der Waals surface area (Å²) in [5.74, 6) is -0.317. The molecular formula is C24H24F5N7. The second-order valence-corrected chi connectivity index (χ2v) is 9.63. The van der Waals surface area contributed by atoms with Gasteiger partial charge in [-0.25, -0.2) is 13.5 Å². The van der Waals surface area contributed by atoms with Gasteiger partial charge in [0.05, 0.1) is 0 Å². The van der Waals surface area contributed by atoms with Gasteiger partial charge in [0, 0.05) is 55.9 Å². The Balaban J connectivity index is 1.19. The van der Waals surface area contributed by atoms with Crippen molar-refractivity contribution in [1.82, 2.24) is 19.7 Å². The van der Waals surface area contributed by atoms with E-state index in [1.807, 2.05) is 9.80 Å². The molecule has 3 aromatic rings. The minimum Gasteiger partial charge on any atom is -0.371 e. The lowest BCUT2D eigenvalue weighted by molar-refractivity contribution is -0.141. The molecule has 6 rings (SSSR count). The van der Waals surface area contributed by atoms with Gasteiger partial charge in [-0.2, -0.15) is 18.2 Å². The summed E-state index contributed by atoms with van der Waals surface area (Å²) in [4.78, 5) is 12.0. The molecule has 2 aromatic heterocycles.